The first-order valence-corrected chi connectivity index (χ1v) is 20.4. The van der Waals surface area contributed by atoms with Crippen molar-refractivity contribution in [3.63, 3.8) is 0 Å². The maximum atomic E-state index is 12.6. The third kappa shape index (κ3) is 12.3. The first-order valence-electron chi connectivity index (χ1n) is 15.6. The summed E-state index contributed by atoms with van der Waals surface area (Å²) < 4.78 is 33.0. The summed E-state index contributed by atoms with van der Waals surface area (Å²) in [7, 11) is -5.78. The molecule has 10 heteroatoms. The number of hydrogen-bond donors (Lipinski definition) is 4. The summed E-state index contributed by atoms with van der Waals surface area (Å²) >= 11 is 0. The van der Waals surface area contributed by atoms with Crippen LogP contribution < -0.4 is 15.4 Å². The van der Waals surface area contributed by atoms with Gasteiger partial charge < -0.3 is 20.2 Å². The Morgan fingerprint density at radius 1 is 0.956 bits per heavy atom. The number of phenols is 1. The summed E-state index contributed by atoms with van der Waals surface area (Å²) in [6.07, 6.45) is 3.64. The second-order valence-electron chi connectivity index (χ2n) is 13.5. The minimum absolute atomic E-state index is 0.0237. The van der Waals surface area contributed by atoms with Gasteiger partial charge in [0.15, 0.2) is 8.32 Å². The molecule has 0 unspecified atom stereocenters. The molecule has 3 rings (SSSR count). The molecule has 0 fully saturated rings. The van der Waals surface area contributed by atoms with Gasteiger partial charge in [-0.3, -0.25) is 9.52 Å². The van der Waals surface area contributed by atoms with Gasteiger partial charge in [0.25, 0.3) is 0 Å². The molecule has 0 aliphatic carbocycles. The first kappa shape index (κ1) is 36.3. The van der Waals surface area contributed by atoms with E-state index in [4.69, 9.17) is 4.43 Å². The summed E-state index contributed by atoms with van der Waals surface area (Å²) in [6, 6.07) is 23.5. The number of carbonyl (C=O) groups is 1. The lowest BCUT2D eigenvalue weighted by molar-refractivity contribution is -0.120. The molecule has 8 nitrogen and oxygen atoms in total. The fourth-order valence-corrected chi connectivity index (χ4v) is 6.66. The Morgan fingerprint density at radius 2 is 1.62 bits per heavy atom. The fourth-order valence-electron chi connectivity index (χ4n) is 4.81. The molecule has 0 saturated carbocycles. The van der Waals surface area contributed by atoms with E-state index in [0.29, 0.717) is 19.5 Å². The van der Waals surface area contributed by atoms with Gasteiger partial charge in [0.1, 0.15) is 5.75 Å². The van der Waals surface area contributed by atoms with Crippen LogP contribution in [0.15, 0.2) is 72.8 Å². The Morgan fingerprint density at radius 3 is 2.29 bits per heavy atom. The molecule has 0 radical (unpaired) electrons. The summed E-state index contributed by atoms with van der Waals surface area (Å²) in [5.74, 6) is -0.118. The molecule has 0 bridgehead atoms. The van der Waals surface area contributed by atoms with Crippen molar-refractivity contribution in [3.8, 4) is 5.75 Å². The van der Waals surface area contributed by atoms with Crippen LogP contribution in [-0.2, 0) is 38.5 Å². The molecule has 0 heterocycles. The minimum atomic E-state index is -3.57. The monoisotopic (exact) mass is 653 g/mol. The number of amides is 1. The molecule has 1 amide bonds. The Kier molecular flexibility index (Phi) is 12.8. The van der Waals surface area contributed by atoms with Crippen LogP contribution in [0.2, 0.25) is 18.1 Å². The predicted octanol–water partition coefficient (Wildman–Crippen LogP) is 6.34. The lowest BCUT2D eigenvalue weighted by atomic mass is 10.0. The number of hydrogen-bond acceptors (Lipinski definition) is 6. The zero-order chi connectivity index (χ0) is 33.3. The maximum Gasteiger partial charge on any atom is 0.229 e. The standard InChI is InChI=1S/C35H51N3O5SSi/c1-26(21-28-15-11-16-29(22-28)23-34(40)36-20-12-17-27-13-9-8-10-14-27)37-25-33(43-45(6,7)35(2,3)4)30-18-19-32(39)31(24-30)38-44(5,41)42/h8-11,13-16,18-19,22,24,26,33,37-39H,12,17,20-21,23,25H2,1-7H3,(H,36,40)/t26-,33+/m1/s1. The van der Waals surface area contributed by atoms with Gasteiger partial charge in [0.05, 0.1) is 24.5 Å². The fraction of sp³-hybridized carbons (Fsp3) is 0.457. The molecule has 45 heavy (non-hydrogen) atoms. The highest BCUT2D eigenvalue weighted by Crippen LogP contribution is 2.40. The van der Waals surface area contributed by atoms with Gasteiger partial charge in [-0.1, -0.05) is 81.4 Å². The summed E-state index contributed by atoms with van der Waals surface area (Å²) in [4.78, 5) is 12.6. The molecule has 246 valence electrons. The van der Waals surface area contributed by atoms with Crippen LogP contribution in [-0.4, -0.2) is 53.1 Å². The molecule has 4 N–H and O–H groups in total. The number of sulfonamides is 1. The average Bonchev–Trinajstić information content (AvgIpc) is 2.94. The quantitative estimate of drug-likeness (QED) is 0.0815. The van der Waals surface area contributed by atoms with Crippen LogP contribution in [0, 0.1) is 0 Å². The van der Waals surface area contributed by atoms with Crippen LogP contribution in [0.3, 0.4) is 0 Å². The van der Waals surface area contributed by atoms with Crippen LogP contribution in [0.1, 0.15) is 62.5 Å². The number of benzene rings is 3. The van der Waals surface area contributed by atoms with Gasteiger partial charge in [-0.25, -0.2) is 8.42 Å². The SMILES string of the molecule is C[C@H](Cc1cccc(CC(=O)NCCCc2ccccc2)c1)NC[C@H](O[Si](C)(C)C(C)(C)C)c1ccc(O)c(NS(C)(=O)=O)c1. The van der Waals surface area contributed by atoms with Crippen molar-refractivity contribution in [2.75, 3.05) is 24.1 Å². The van der Waals surface area contributed by atoms with E-state index in [1.165, 1.54) is 11.6 Å². The maximum absolute atomic E-state index is 12.6. The molecule has 3 aromatic carbocycles. The van der Waals surface area contributed by atoms with Crippen molar-refractivity contribution >= 4 is 29.9 Å². The molecular formula is C35H51N3O5SSi. The molecule has 0 spiro atoms. The van der Waals surface area contributed by atoms with Crippen molar-refractivity contribution in [3.05, 3.63) is 95.1 Å². The van der Waals surface area contributed by atoms with Gasteiger partial charge in [-0.2, -0.15) is 0 Å². The van der Waals surface area contributed by atoms with Crippen molar-refractivity contribution in [2.45, 2.75) is 83.7 Å². The average molecular weight is 654 g/mol. The smallest absolute Gasteiger partial charge is 0.229 e. The van der Waals surface area contributed by atoms with Gasteiger partial charge in [-0.05, 0) is 78.7 Å². The van der Waals surface area contributed by atoms with Crippen molar-refractivity contribution in [1.82, 2.24) is 10.6 Å². The molecule has 2 atom stereocenters. The summed E-state index contributed by atoms with van der Waals surface area (Å²) in [6.45, 7) is 14.2. The number of aryl methyl sites for hydroxylation is 1. The molecular weight excluding hydrogens is 603 g/mol. The van der Waals surface area contributed by atoms with Gasteiger partial charge in [0.2, 0.25) is 15.9 Å². The summed E-state index contributed by atoms with van der Waals surface area (Å²) in [5, 5.41) is 16.9. The van der Waals surface area contributed by atoms with E-state index in [9.17, 15) is 18.3 Å². The van der Waals surface area contributed by atoms with Gasteiger partial charge >= 0.3 is 0 Å². The molecule has 0 aliphatic heterocycles. The second kappa shape index (κ2) is 15.9. The van der Waals surface area contributed by atoms with E-state index >= 15 is 0 Å². The van der Waals surface area contributed by atoms with Crippen molar-refractivity contribution in [1.29, 1.82) is 0 Å². The second-order valence-corrected chi connectivity index (χ2v) is 20.0. The Balaban J connectivity index is 1.62. The number of phenolic OH excluding ortho intramolecular Hbond substituents is 1. The van der Waals surface area contributed by atoms with E-state index in [1.807, 2.05) is 30.3 Å². The lowest BCUT2D eigenvalue weighted by Gasteiger charge is -2.40. The Labute approximate surface area is 271 Å². The van der Waals surface area contributed by atoms with Crippen molar-refractivity contribution < 1.29 is 22.7 Å². The van der Waals surface area contributed by atoms with Gasteiger partial charge in [-0.15, -0.1) is 0 Å². The highest BCUT2D eigenvalue weighted by Gasteiger charge is 2.39. The van der Waals surface area contributed by atoms with E-state index in [1.54, 1.807) is 12.1 Å². The number of anilines is 1. The number of carbonyl (C=O) groups excluding carboxylic acids is 1. The largest absolute Gasteiger partial charge is 0.506 e. The zero-order valence-corrected chi connectivity index (χ0v) is 29.6. The Bertz CT molecular complexity index is 1510. The van der Waals surface area contributed by atoms with Crippen LogP contribution in [0.5, 0.6) is 5.75 Å². The number of aromatic hydroxyl groups is 1. The van der Waals surface area contributed by atoms with E-state index in [0.717, 1.165) is 42.2 Å². The number of rotatable bonds is 16. The van der Waals surface area contributed by atoms with E-state index in [-0.39, 0.29) is 34.5 Å². The topological polar surface area (TPSA) is 117 Å². The van der Waals surface area contributed by atoms with E-state index < -0.39 is 18.3 Å². The van der Waals surface area contributed by atoms with Crippen LogP contribution in [0.25, 0.3) is 0 Å². The van der Waals surface area contributed by atoms with Crippen molar-refractivity contribution in [2.24, 2.45) is 0 Å². The van der Waals surface area contributed by atoms with Gasteiger partial charge in [0, 0.05) is 19.1 Å². The van der Waals surface area contributed by atoms with Crippen LogP contribution in [0.4, 0.5) is 5.69 Å². The van der Waals surface area contributed by atoms with E-state index in [2.05, 4.69) is 80.4 Å². The third-order valence-electron chi connectivity index (χ3n) is 8.29. The highest BCUT2D eigenvalue weighted by molar-refractivity contribution is 7.92. The zero-order valence-electron chi connectivity index (χ0n) is 27.8. The molecule has 3 aromatic rings. The predicted molar refractivity (Wildman–Crippen MR) is 187 cm³/mol. The number of nitrogens with one attached hydrogen (secondary N) is 3. The first-order chi connectivity index (χ1) is 21.0. The molecule has 0 aliphatic rings. The minimum Gasteiger partial charge on any atom is -0.506 e. The summed E-state index contributed by atoms with van der Waals surface area (Å²) in [5.41, 5.74) is 4.30. The highest BCUT2D eigenvalue weighted by atomic mass is 32.2. The normalized spacial score (nSPS) is 13.7. The molecule has 0 aromatic heterocycles. The lowest BCUT2D eigenvalue weighted by Crippen LogP contribution is -2.44. The molecule has 0 saturated heterocycles. The van der Waals surface area contributed by atoms with Crippen LogP contribution >= 0.6 is 0 Å². The Hall–Kier alpha value is -3.18. The third-order valence-corrected chi connectivity index (χ3v) is 13.4.